The summed E-state index contributed by atoms with van der Waals surface area (Å²) in [6.07, 6.45) is 5.95. The monoisotopic (exact) mass is 351 g/mol. The Labute approximate surface area is 134 Å². The third-order valence-electron chi connectivity index (χ3n) is 3.27. The van der Waals surface area contributed by atoms with E-state index in [0.717, 1.165) is 48.5 Å². The number of nitrogens with zero attached hydrogens (tertiary/aromatic N) is 2. The van der Waals surface area contributed by atoms with E-state index in [4.69, 9.17) is 4.74 Å². The standard InChI is InChI=1S/C16H22BrN3O/c1-3-4-16-19-7-9-20(16)15-6-5-13(11-14(15)17)12-18-8-10-21-2/h5-7,9,11,18H,3-4,8,10,12H2,1-2H3. The van der Waals surface area contributed by atoms with Crippen molar-refractivity contribution in [3.8, 4) is 5.69 Å². The molecule has 21 heavy (non-hydrogen) atoms. The van der Waals surface area contributed by atoms with Gasteiger partial charge in [0.15, 0.2) is 0 Å². The number of hydrogen-bond donors (Lipinski definition) is 1. The van der Waals surface area contributed by atoms with Gasteiger partial charge in [-0.2, -0.15) is 0 Å². The number of ether oxygens (including phenoxy) is 1. The molecule has 0 aliphatic carbocycles. The first kappa shape index (κ1) is 16.2. The van der Waals surface area contributed by atoms with E-state index in [-0.39, 0.29) is 0 Å². The number of aryl methyl sites for hydroxylation is 1. The maximum absolute atomic E-state index is 5.03. The highest BCUT2D eigenvalue weighted by Gasteiger charge is 2.08. The molecule has 0 amide bonds. The molecular formula is C16H22BrN3O. The number of aromatic nitrogens is 2. The molecule has 5 heteroatoms. The minimum Gasteiger partial charge on any atom is -0.383 e. The Bertz CT molecular complexity index is 568. The maximum atomic E-state index is 5.03. The largest absolute Gasteiger partial charge is 0.383 e. The summed E-state index contributed by atoms with van der Waals surface area (Å²) in [4.78, 5) is 4.43. The SMILES string of the molecule is CCCc1nccn1-c1ccc(CNCCOC)cc1Br. The van der Waals surface area contributed by atoms with Crippen LogP contribution in [0.2, 0.25) is 0 Å². The summed E-state index contributed by atoms with van der Waals surface area (Å²) in [6.45, 7) is 4.60. The first-order chi connectivity index (χ1) is 10.3. The Morgan fingerprint density at radius 3 is 2.95 bits per heavy atom. The molecule has 0 aliphatic heterocycles. The van der Waals surface area contributed by atoms with Crippen LogP contribution in [-0.4, -0.2) is 29.8 Å². The maximum Gasteiger partial charge on any atom is 0.113 e. The molecule has 0 fully saturated rings. The van der Waals surface area contributed by atoms with Crippen LogP contribution in [0.15, 0.2) is 35.1 Å². The summed E-state index contributed by atoms with van der Waals surface area (Å²) in [7, 11) is 1.71. The second-order valence-electron chi connectivity index (χ2n) is 4.92. The fourth-order valence-corrected chi connectivity index (χ4v) is 2.84. The summed E-state index contributed by atoms with van der Waals surface area (Å²) in [5.41, 5.74) is 2.38. The number of halogens is 1. The molecule has 2 aromatic rings. The number of imidazole rings is 1. The quantitative estimate of drug-likeness (QED) is 0.741. The van der Waals surface area contributed by atoms with E-state index >= 15 is 0 Å². The zero-order valence-corrected chi connectivity index (χ0v) is 14.2. The first-order valence-electron chi connectivity index (χ1n) is 7.27. The zero-order chi connectivity index (χ0) is 15.1. The molecule has 0 unspecified atom stereocenters. The molecule has 114 valence electrons. The van der Waals surface area contributed by atoms with Gasteiger partial charge in [-0.3, -0.25) is 0 Å². The van der Waals surface area contributed by atoms with Crippen LogP contribution in [0.25, 0.3) is 5.69 Å². The van der Waals surface area contributed by atoms with E-state index in [1.165, 1.54) is 5.56 Å². The van der Waals surface area contributed by atoms with E-state index in [1.54, 1.807) is 7.11 Å². The lowest BCUT2D eigenvalue weighted by Crippen LogP contribution is -2.18. The van der Waals surface area contributed by atoms with Gasteiger partial charge < -0.3 is 14.6 Å². The summed E-state index contributed by atoms with van der Waals surface area (Å²) < 4.78 is 8.26. The normalized spacial score (nSPS) is 11.0. The Kier molecular flexibility index (Phi) is 6.42. The first-order valence-corrected chi connectivity index (χ1v) is 8.06. The molecule has 1 aromatic carbocycles. The number of nitrogens with one attached hydrogen (secondary N) is 1. The fourth-order valence-electron chi connectivity index (χ4n) is 2.22. The van der Waals surface area contributed by atoms with Crippen LogP contribution in [-0.2, 0) is 17.7 Å². The van der Waals surface area contributed by atoms with Crippen LogP contribution in [0.4, 0.5) is 0 Å². The highest BCUT2D eigenvalue weighted by atomic mass is 79.9. The average molecular weight is 352 g/mol. The lowest BCUT2D eigenvalue weighted by atomic mass is 10.2. The van der Waals surface area contributed by atoms with Crippen LogP contribution < -0.4 is 5.32 Å². The van der Waals surface area contributed by atoms with E-state index in [0.29, 0.717) is 0 Å². The van der Waals surface area contributed by atoms with Crippen LogP contribution in [0.5, 0.6) is 0 Å². The summed E-state index contributed by atoms with van der Waals surface area (Å²) in [5.74, 6) is 1.10. The number of benzene rings is 1. The summed E-state index contributed by atoms with van der Waals surface area (Å²) in [5, 5.41) is 3.35. The van der Waals surface area contributed by atoms with Crippen LogP contribution >= 0.6 is 15.9 Å². The molecule has 0 saturated heterocycles. The lowest BCUT2D eigenvalue weighted by molar-refractivity contribution is 0.199. The molecule has 0 atom stereocenters. The van der Waals surface area contributed by atoms with Gasteiger partial charge in [0.1, 0.15) is 5.82 Å². The number of rotatable bonds is 8. The van der Waals surface area contributed by atoms with Crippen LogP contribution in [0.1, 0.15) is 24.7 Å². The smallest absolute Gasteiger partial charge is 0.113 e. The van der Waals surface area contributed by atoms with E-state index in [1.807, 2.05) is 12.4 Å². The molecule has 0 radical (unpaired) electrons. The molecule has 0 spiro atoms. The lowest BCUT2D eigenvalue weighted by Gasteiger charge is -2.11. The number of methoxy groups -OCH3 is 1. The number of hydrogen-bond acceptors (Lipinski definition) is 3. The molecular weight excluding hydrogens is 330 g/mol. The Balaban J connectivity index is 2.10. The third-order valence-corrected chi connectivity index (χ3v) is 3.91. The van der Waals surface area contributed by atoms with Crippen molar-refractivity contribution < 1.29 is 4.74 Å². The average Bonchev–Trinajstić information content (AvgIpc) is 2.92. The van der Waals surface area contributed by atoms with E-state index in [9.17, 15) is 0 Å². The van der Waals surface area contributed by atoms with Gasteiger partial charge in [-0.15, -0.1) is 0 Å². The minimum absolute atomic E-state index is 0.731. The second-order valence-corrected chi connectivity index (χ2v) is 5.77. The van der Waals surface area contributed by atoms with Gasteiger partial charge in [-0.05, 0) is 40.0 Å². The third kappa shape index (κ3) is 4.40. The van der Waals surface area contributed by atoms with Crippen molar-refractivity contribution in [3.05, 3.63) is 46.5 Å². The van der Waals surface area contributed by atoms with Gasteiger partial charge in [0.25, 0.3) is 0 Å². The Morgan fingerprint density at radius 2 is 2.24 bits per heavy atom. The fraction of sp³-hybridized carbons (Fsp3) is 0.438. The molecule has 0 saturated carbocycles. The molecule has 4 nitrogen and oxygen atoms in total. The molecule has 0 bridgehead atoms. The highest BCUT2D eigenvalue weighted by Crippen LogP contribution is 2.24. The Hall–Kier alpha value is -1.17. The van der Waals surface area contributed by atoms with Gasteiger partial charge >= 0.3 is 0 Å². The van der Waals surface area contributed by atoms with Crippen LogP contribution in [0.3, 0.4) is 0 Å². The van der Waals surface area contributed by atoms with Crippen molar-refractivity contribution >= 4 is 15.9 Å². The molecule has 2 rings (SSSR count). The molecule has 1 heterocycles. The van der Waals surface area contributed by atoms with E-state index in [2.05, 4.69) is 55.9 Å². The molecule has 1 N–H and O–H groups in total. The predicted octanol–water partition coefficient (Wildman–Crippen LogP) is 3.32. The molecule has 0 aliphatic rings. The summed E-state index contributed by atoms with van der Waals surface area (Å²) >= 11 is 3.68. The predicted molar refractivity (Wildman–Crippen MR) is 88.8 cm³/mol. The zero-order valence-electron chi connectivity index (χ0n) is 12.6. The van der Waals surface area contributed by atoms with Gasteiger partial charge in [0, 0.05) is 43.5 Å². The van der Waals surface area contributed by atoms with Crippen molar-refractivity contribution in [3.63, 3.8) is 0 Å². The van der Waals surface area contributed by atoms with Gasteiger partial charge in [0.05, 0.1) is 12.3 Å². The topological polar surface area (TPSA) is 39.1 Å². The van der Waals surface area contributed by atoms with Gasteiger partial charge in [0.2, 0.25) is 0 Å². The minimum atomic E-state index is 0.731. The van der Waals surface area contributed by atoms with Crippen LogP contribution in [0, 0.1) is 0 Å². The van der Waals surface area contributed by atoms with Gasteiger partial charge in [-0.25, -0.2) is 4.98 Å². The molecule has 1 aromatic heterocycles. The van der Waals surface area contributed by atoms with Crippen molar-refractivity contribution in [2.45, 2.75) is 26.3 Å². The van der Waals surface area contributed by atoms with Crippen molar-refractivity contribution in [1.82, 2.24) is 14.9 Å². The van der Waals surface area contributed by atoms with Crippen molar-refractivity contribution in [2.24, 2.45) is 0 Å². The second kappa shape index (κ2) is 8.32. The van der Waals surface area contributed by atoms with Gasteiger partial charge in [-0.1, -0.05) is 13.0 Å². The highest BCUT2D eigenvalue weighted by molar-refractivity contribution is 9.10. The Morgan fingerprint density at radius 1 is 1.38 bits per heavy atom. The van der Waals surface area contributed by atoms with Crippen molar-refractivity contribution in [1.29, 1.82) is 0 Å². The summed E-state index contributed by atoms with van der Waals surface area (Å²) in [6, 6.07) is 6.44. The van der Waals surface area contributed by atoms with E-state index < -0.39 is 0 Å². The van der Waals surface area contributed by atoms with Crippen molar-refractivity contribution in [2.75, 3.05) is 20.3 Å².